The van der Waals surface area contributed by atoms with Crippen LogP contribution in [0.5, 0.6) is 5.75 Å². The predicted octanol–water partition coefficient (Wildman–Crippen LogP) is 5.65. The molecule has 36 heavy (non-hydrogen) atoms. The van der Waals surface area contributed by atoms with Gasteiger partial charge in [0.2, 0.25) is 0 Å². The Hall–Kier alpha value is -3.11. The van der Waals surface area contributed by atoms with Crippen molar-refractivity contribution in [2.75, 3.05) is 41.0 Å². The molecule has 2 rings (SSSR count). The fourth-order valence-corrected chi connectivity index (χ4v) is 3.23. The van der Waals surface area contributed by atoms with E-state index in [2.05, 4.69) is 10.5 Å². The molecule has 198 valence electrons. The number of nitrogens with one attached hydrogen (secondary N) is 1. The van der Waals surface area contributed by atoms with Crippen molar-refractivity contribution in [1.29, 1.82) is 0 Å². The summed E-state index contributed by atoms with van der Waals surface area (Å²) in [4.78, 5) is 19.5. The fourth-order valence-electron chi connectivity index (χ4n) is 3.23. The molecule has 0 bridgehead atoms. The highest BCUT2D eigenvalue weighted by atomic mass is 19.4. The second-order valence-corrected chi connectivity index (χ2v) is 8.42. The summed E-state index contributed by atoms with van der Waals surface area (Å²) in [7, 11) is 5.54. The van der Waals surface area contributed by atoms with Gasteiger partial charge in [-0.15, -0.1) is 0 Å². The van der Waals surface area contributed by atoms with Crippen LogP contribution < -0.4 is 10.1 Å². The third-order valence-corrected chi connectivity index (χ3v) is 5.52. The lowest BCUT2D eigenvalue weighted by molar-refractivity contribution is -0.137. The Morgan fingerprint density at radius 2 is 1.81 bits per heavy atom. The van der Waals surface area contributed by atoms with E-state index in [0.29, 0.717) is 30.1 Å². The van der Waals surface area contributed by atoms with Gasteiger partial charge in [-0.05, 0) is 75.7 Å². The van der Waals surface area contributed by atoms with Gasteiger partial charge in [-0.3, -0.25) is 0 Å². The Labute approximate surface area is 210 Å². The number of carbonyl (C=O) groups excluding carboxylic acids is 1. The number of carbonyl (C=O) groups is 1. The third kappa shape index (κ3) is 9.87. The molecule has 0 aliphatic carbocycles. The average Bonchev–Trinajstić information content (AvgIpc) is 2.84. The zero-order valence-corrected chi connectivity index (χ0v) is 21.1. The molecule has 0 fully saturated rings. The summed E-state index contributed by atoms with van der Waals surface area (Å²) in [5.41, 5.74) is 1.36. The fraction of sp³-hybridized carbons (Fsp3) is 0.462. The monoisotopic (exact) mass is 509 g/mol. The van der Waals surface area contributed by atoms with Gasteiger partial charge in [-0.2, -0.15) is 13.2 Å². The quantitative estimate of drug-likeness (QED) is 0.215. The number of alkyl halides is 3. The highest BCUT2D eigenvalue weighted by Gasteiger charge is 2.30. The number of hydrogen-bond acceptors (Lipinski definition) is 6. The maximum atomic E-state index is 12.9. The van der Waals surface area contributed by atoms with E-state index in [1.54, 1.807) is 13.2 Å². The zero-order valence-electron chi connectivity index (χ0n) is 21.1. The van der Waals surface area contributed by atoms with Crippen LogP contribution in [0.25, 0.3) is 0 Å². The third-order valence-electron chi connectivity index (χ3n) is 5.52. The number of benzene rings is 2. The predicted molar refractivity (Wildman–Crippen MR) is 132 cm³/mol. The van der Waals surface area contributed by atoms with E-state index in [1.807, 2.05) is 44.1 Å². The Kier molecular flexibility index (Phi) is 11.7. The zero-order chi connectivity index (χ0) is 26.6. The van der Waals surface area contributed by atoms with Crippen LogP contribution >= 0.6 is 0 Å². The van der Waals surface area contributed by atoms with Crippen LogP contribution in [0.15, 0.2) is 53.7 Å². The molecule has 2 aromatic rings. The molecule has 0 radical (unpaired) electrons. The number of rotatable bonds is 13. The SMILES string of the molecule is COCCCC/C(=N\OCCNC(=O)Oc1cccc([C@H](C)N(C)C)c1)c1ccc(C(F)(F)F)cc1. The molecule has 0 unspecified atom stereocenters. The van der Waals surface area contributed by atoms with Crippen LogP contribution in [0.1, 0.15) is 48.9 Å². The number of methoxy groups -OCH3 is 1. The topological polar surface area (TPSA) is 72.4 Å². The Morgan fingerprint density at radius 3 is 2.44 bits per heavy atom. The minimum absolute atomic E-state index is 0.0645. The molecule has 0 spiro atoms. The average molecular weight is 510 g/mol. The van der Waals surface area contributed by atoms with Crippen LogP contribution in [0.3, 0.4) is 0 Å². The van der Waals surface area contributed by atoms with Crippen molar-refractivity contribution < 1.29 is 32.3 Å². The van der Waals surface area contributed by atoms with Gasteiger partial charge in [0.15, 0.2) is 0 Å². The summed E-state index contributed by atoms with van der Waals surface area (Å²) in [5, 5.41) is 6.70. The molecule has 2 aromatic carbocycles. The van der Waals surface area contributed by atoms with Crippen molar-refractivity contribution in [2.45, 2.75) is 38.4 Å². The molecular formula is C26H34F3N3O4. The molecule has 0 saturated heterocycles. The van der Waals surface area contributed by atoms with E-state index in [-0.39, 0.29) is 19.2 Å². The van der Waals surface area contributed by atoms with Gasteiger partial charge in [0.1, 0.15) is 12.4 Å². The number of amides is 1. The van der Waals surface area contributed by atoms with Crippen molar-refractivity contribution in [1.82, 2.24) is 10.2 Å². The van der Waals surface area contributed by atoms with E-state index in [9.17, 15) is 18.0 Å². The summed E-state index contributed by atoms with van der Waals surface area (Å²) >= 11 is 0. The Morgan fingerprint density at radius 1 is 1.08 bits per heavy atom. The molecule has 1 atom stereocenters. The number of nitrogens with zero attached hydrogens (tertiary/aromatic N) is 2. The molecule has 0 heterocycles. The first kappa shape index (κ1) is 29.1. The van der Waals surface area contributed by atoms with Gasteiger partial charge < -0.3 is 24.5 Å². The van der Waals surface area contributed by atoms with E-state index in [0.717, 1.165) is 30.5 Å². The Balaban J connectivity index is 1.89. The molecular weight excluding hydrogens is 475 g/mol. The number of oxime groups is 1. The normalized spacial score (nSPS) is 12.9. The molecule has 1 amide bonds. The van der Waals surface area contributed by atoms with Crippen LogP contribution in [0.2, 0.25) is 0 Å². The van der Waals surface area contributed by atoms with Crippen LogP contribution in [0, 0.1) is 0 Å². The first-order valence-electron chi connectivity index (χ1n) is 11.7. The van der Waals surface area contributed by atoms with Gasteiger partial charge in [0, 0.05) is 19.8 Å². The molecule has 7 nitrogen and oxygen atoms in total. The molecule has 0 aliphatic rings. The second kappa shape index (κ2) is 14.4. The summed E-state index contributed by atoms with van der Waals surface area (Å²) in [5.74, 6) is 0.429. The number of unbranched alkanes of at least 4 members (excludes halogenated alkanes) is 1. The molecule has 0 saturated carbocycles. The lowest BCUT2D eigenvalue weighted by atomic mass is 10.0. The Bertz CT molecular complexity index is 979. The van der Waals surface area contributed by atoms with E-state index >= 15 is 0 Å². The van der Waals surface area contributed by atoms with E-state index in [1.165, 1.54) is 12.1 Å². The van der Waals surface area contributed by atoms with Gasteiger partial charge in [-0.25, -0.2) is 4.79 Å². The second-order valence-electron chi connectivity index (χ2n) is 8.42. The van der Waals surface area contributed by atoms with E-state index in [4.69, 9.17) is 14.3 Å². The smallest absolute Gasteiger partial charge is 0.410 e. The number of halogens is 3. The van der Waals surface area contributed by atoms with Crippen LogP contribution in [0.4, 0.5) is 18.0 Å². The van der Waals surface area contributed by atoms with Crippen molar-refractivity contribution >= 4 is 11.8 Å². The molecule has 0 aromatic heterocycles. The summed E-state index contributed by atoms with van der Waals surface area (Å²) in [6, 6.07) is 12.3. The molecule has 0 aliphatic heterocycles. The highest BCUT2D eigenvalue weighted by molar-refractivity contribution is 6.00. The van der Waals surface area contributed by atoms with Crippen LogP contribution in [-0.2, 0) is 15.8 Å². The summed E-state index contributed by atoms with van der Waals surface area (Å²) < 4.78 is 49.0. The first-order chi connectivity index (χ1) is 17.1. The maximum Gasteiger partial charge on any atom is 0.416 e. The summed E-state index contributed by atoms with van der Waals surface area (Å²) in [6.07, 6.45) is -3.02. The lowest BCUT2D eigenvalue weighted by Gasteiger charge is -2.20. The standard InChI is InChI=1S/C26H34F3N3O4/c1-19(32(2)3)21-8-7-9-23(18-21)36-25(33)30-15-17-35-31-24(10-5-6-16-34-4)20-11-13-22(14-12-20)26(27,28)29/h7-9,11-14,18-19H,5-6,10,15-17H2,1-4H3,(H,30,33)/b31-24+/t19-/m0/s1. The lowest BCUT2D eigenvalue weighted by Crippen LogP contribution is -2.29. The number of ether oxygens (including phenoxy) is 2. The van der Waals surface area contributed by atoms with Crippen LogP contribution in [-0.4, -0.2) is 57.7 Å². The molecule has 1 N–H and O–H groups in total. The first-order valence-corrected chi connectivity index (χ1v) is 11.7. The van der Waals surface area contributed by atoms with Gasteiger partial charge in [0.05, 0.1) is 17.8 Å². The van der Waals surface area contributed by atoms with Gasteiger partial charge in [0.25, 0.3) is 0 Å². The summed E-state index contributed by atoms with van der Waals surface area (Å²) in [6.45, 7) is 2.83. The van der Waals surface area contributed by atoms with Crippen molar-refractivity contribution in [3.8, 4) is 5.75 Å². The minimum atomic E-state index is -4.41. The number of hydrogen-bond donors (Lipinski definition) is 1. The van der Waals surface area contributed by atoms with Crippen molar-refractivity contribution in [2.24, 2.45) is 5.16 Å². The maximum absolute atomic E-state index is 12.9. The highest BCUT2D eigenvalue weighted by Crippen LogP contribution is 2.29. The van der Waals surface area contributed by atoms with Gasteiger partial charge >= 0.3 is 12.3 Å². The van der Waals surface area contributed by atoms with Crippen molar-refractivity contribution in [3.63, 3.8) is 0 Å². The largest absolute Gasteiger partial charge is 0.416 e. The van der Waals surface area contributed by atoms with Crippen molar-refractivity contribution in [3.05, 3.63) is 65.2 Å². The minimum Gasteiger partial charge on any atom is -0.410 e. The van der Waals surface area contributed by atoms with Gasteiger partial charge in [-0.1, -0.05) is 29.4 Å². The van der Waals surface area contributed by atoms with E-state index < -0.39 is 17.8 Å². The molecule has 10 heteroatoms.